The summed E-state index contributed by atoms with van der Waals surface area (Å²) in [6.45, 7) is 9.18. The van der Waals surface area contributed by atoms with E-state index >= 15 is 4.11 Å². The van der Waals surface area contributed by atoms with Crippen LogP contribution in [0, 0.1) is 5.92 Å². The number of aromatic nitrogens is 2. The highest BCUT2D eigenvalue weighted by atomic mass is 28.4. The zero-order valence-electron chi connectivity index (χ0n) is 26.8. The number of benzene rings is 3. The minimum atomic E-state index is -3.55. The molecule has 4 aromatic rings. The molecule has 1 spiro atoms. The topological polar surface area (TPSA) is 105 Å². The quantitative estimate of drug-likeness (QED) is 0.145. The van der Waals surface area contributed by atoms with E-state index in [1.165, 1.54) is 4.68 Å². The summed E-state index contributed by atoms with van der Waals surface area (Å²) in [6, 6.07) is 21.8. The summed E-state index contributed by atoms with van der Waals surface area (Å²) >= 11 is 0. The summed E-state index contributed by atoms with van der Waals surface area (Å²) in [4.78, 5) is 44.9. The average Bonchev–Trinajstić information content (AvgIpc) is 3.47. The molecule has 1 fully saturated rings. The second-order valence-corrected chi connectivity index (χ2v) is 16.6. The Bertz CT molecular complexity index is 1890. The molecule has 0 bridgehead atoms. The molecule has 1 aromatic heterocycles. The molecular weight excluding hydrogens is 616 g/mol. The van der Waals surface area contributed by atoms with Crippen LogP contribution in [0.1, 0.15) is 24.5 Å². The molecule has 0 saturated carbocycles. The van der Waals surface area contributed by atoms with Gasteiger partial charge in [0.1, 0.15) is 0 Å². The van der Waals surface area contributed by atoms with Crippen LogP contribution in [-0.4, -0.2) is 65.8 Å². The Morgan fingerprint density at radius 2 is 1.85 bits per heavy atom. The molecule has 1 saturated heterocycles. The number of halogens is 1. The molecule has 47 heavy (non-hydrogen) atoms. The predicted molar refractivity (Wildman–Crippen MR) is 182 cm³/mol. The van der Waals surface area contributed by atoms with E-state index < -0.39 is 31.6 Å². The number of fused-ring (bicyclic) bond motifs is 3. The van der Waals surface area contributed by atoms with Crippen molar-refractivity contribution >= 4 is 36.7 Å². The molecule has 3 heterocycles. The number of rotatable bonds is 10. The van der Waals surface area contributed by atoms with Gasteiger partial charge in [-0.1, -0.05) is 61.5 Å². The van der Waals surface area contributed by atoms with Gasteiger partial charge in [0.05, 0.1) is 42.1 Å². The first-order valence-electron chi connectivity index (χ1n) is 15.9. The van der Waals surface area contributed by atoms with Gasteiger partial charge in [0.25, 0.3) is 11.5 Å². The highest BCUT2D eigenvalue weighted by molar-refractivity contribution is 6.72. The van der Waals surface area contributed by atoms with E-state index in [9.17, 15) is 19.5 Å². The van der Waals surface area contributed by atoms with Crippen LogP contribution in [0.3, 0.4) is 0 Å². The van der Waals surface area contributed by atoms with Crippen molar-refractivity contribution in [2.45, 2.75) is 50.2 Å². The molecule has 11 heteroatoms. The Kier molecular flexibility index (Phi) is 8.73. The van der Waals surface area contributed by atoms with Gasteiger partial charge in [0.15, 0.2) is 5.60 Å². The van der Waals surface area contributed by atoms with Gasteiger partial charge in [0.2, 0.25) is 14.3 Å². The van der Waals surface area contributed by atoms with Crippen molar-refractivity contribution in [3.63, 3.8) is 0 Å². The summed E-state index contributed by atoms with van der Waals surface area (Å²) in [7, 11) is -3.55. The minimum absolute atomic E-state index is 0.105. The second kappa shape index (κ2) is 12.6. The third-order valence-corrected chi connectivity index (χ3v) is 12.0. The van der Waals surface area contributed by atoms with Crippen LogP contribution < -0.4 is 10.5 Å². The number of nitrogens with zero attached hydrogens (tertiary/aromatic N) is 4. The molecular formula is C36H39FN4O5Si. The smallest absolute Gasteiger partial charge is 0.279 e. The van der Waals surface area contributed by atoms with Crippen LogP contribution in [0.2, 0.25) is 18.6 Å². The third-order valence-electron chi connectivity index (χ3n) is 9.51. The van der Waals surface area contributed by atoms with Gasteiger partial charge in [-0.2, -0.15) is 9.78 Å². The molecule has 3 aromatic carbocycles. The van der Waals surface area contributed by atoms with E-state index in [1.54, 1.807) is 65.5 Å². The summed E-state index contributed by atoms with van der Waals surface area (Å²) in [5.41, 5.74) is -0.195. The Morgan fingerprint density at radius 3 is 2.55 bits per heavy atom. The highest BCUT2D eigenvalue weighted by Gasteiger charge is 2.67. The van der Waals surface area contributed by atoms with E-state index in [0.717, 1.165) is 5.56 Å². The van der Waals surface area contributed by atoms with Gasteiger partial charge in [-0.3, -0.25) is 14.4 Å². The summed E-state index contributed by atoms with van der Waals surface area (Å²) in [5, 5.41) is 15.4. The molecule has 4 atom stereocenters. The minimum Gasteiger partial charge on any atom is -0.395 e. The molecule has 1 N–H and O–H groups in total. The van der Waals surface area contributed by atoms with Crippen LogP contribution in [0.5, 0.6) is 0 Å². The lowest BCUT2D eigenvalue weighted by Gasteiger charge is -2.31. The molecule has 0 aliphatic carbocycles. The fraction of sp³-hybridized carbons (Fsp3) is 0.333. The molecule has 2 amide bonds. The first-order chi connectivity index (χ1) is 22.5. The van der Waals surface area contributed by atoms with E-state index in [-0.39, 0.29) is 50.0 Å². The monoisotopic (exact) mass is 654 g/mol. The molecule has 0 radical (unpaired) electrons. The van der Waals surface area contributed by atoms with Gasteiger partial charge in [-0.05, 0) is 42.9 Å². The van der Waals surface area contributed by atoms with E-state index in [2.05, 4.69) is 11.7 Å². The van der Waals surface area contributed by atoms with Crippen molar-refractivity contribution in [1.82, 2.24) is 14.7 Å². The predicted octanol–water partition coefficient (Wildman–Crippen LogP) is 5.10. The molecule has 2 aliphatic rings. The first-order valence-corrected chi connectivity index (χ1v) is 18.8. The largest absolute Gasteiger partial charge is 0.395 e. The number of carbonyl (C=O) groups is 2. The number of hydrogen-bond acceptors (Lipinski definition) is 6. The maximum atomic E-state index is 16.4. The SMILES string of the molecule is C=CCN1C(=O)[C@]2(O[C@H](CC(=O)N(CCO)Cc3ccccc3)[C@@H]([Si](C)(C)F)[C@@H]2C)c2cc(-n3ncc4ccccc4c3=O)ccc21. The summed E-state index contributed by atoms with van der Waals surface area (Å²) in [5.74, 6) is -1.29. The van der Waals surface area contributed by atoms with Crippen LogP contribution in [0.25, 0.3) is 16.5 Å². The number of ether oxygens (including phenoxy) is 1. The zero-order valence-corrected chi connectivity index (χ0v) is 27.8. The van der Waals surface area contributed by atoms with Crippen molar-refractivity contribution in [2.24, 2.45) is 5.92 Å². The second-order valence-electron chi connectivity index (χ2n) is 12.9. The number of anilines is 1. The van der Waals surface area contributed by atoms with Crippen molar-refractivity contribution in [3.05, 3.63) is 113 Å². The lowest BCUT2D eigenvalue weighted by Crippen LogP contribution is -2.45. The summed E-state index contributed by atoms with van der Waals surface area (Å²) < 4.78 is 24.4. The number of aliphatic hydroxyl groups is 1. The van der Waals surface area contributed by atoms with Gasteiger partial charge >= 0.3 is 0 Å². The number of amides is 2. The van der Waals surface area contributed by atoms with Crippen molar-refractivity contribution in [2.75, 3.05) is 24.6 Å². The number of hydrogen-bond donors (Lipinski definition) is 1. The molecule has 6 rings (SSSR count). The van der Waals surface area contributed by atoms with Gasteiger partial charge in [-0.15, -0.1) is 6.58 Å². The fourth-order valence-corrected chi connectivity index (χ4v) is 9.96. The molecule has 0 unspecified atom stereocenters. The van der Waals surface area contributed by atoms with E-state index in [1.807, 2.05) is 49.4 Å². The van der Waals surface area contributed by atoms with Crippen LogP contribution in [0.15, 0.2) is 96.4 Å². The van der Waals surface area contributed by atoms with E-state index in [0.29, 0.717) is 27.7 Å². The number of carbonyl (C=O) groups excluding carboxylic acids is 2. The molecule has 9 nitrogen and oxygen atoms in total. The maximum Gasteiger partial charge on any atom is 0.279 e. The Balaban J connectivity index is 1.43. The Morgan fingerprint density at radius 1 is 1.13 bits per heavy atom. The number of aliphatic hydroxyl groups excluding tert-OH is 1. The van der Waals surface area contributed by atoms with Crippen molar-refractivity contribution in [1.29, 1.82) is 0 Å². The third kappa shape index (κ3) is 5.62. The normalized spacial score (nSPS) is 22.2. The Hall–Kier alpha value is -4.45. The first kappa shape index (κ1) is 32.5. The standard InChI is InChI=1S/C36H39FN4O5Si/c1-5-17-40-30-16-15-27(41-34(44)28-14-10-9-13-26(28)22-38-41)20-29(30)36(35(40)45)24(2)33(47(3,4)37)31(46-36)21-32(43)39(18-19-42)23-25-11-7-6-8-12-25/h5-16,20,22,24,31,33,42H,1,17-19,21,23H2,2-4H3/t24-,31+,33-,36+/m0/s1. The lowest BCUT2D eigenvalue weighted by molar-refractivity contribution is -0.149. The van der Waals surface area contributed by atoms with Gasteiger partial charge in [-0.25, -0.2) is 0 Å². The average molecular weight is 655 g/mol. The van der Waals surface area contributed by atoms with Crippen molar-refractivity contribution in [3.8, 4) is 5.69 Å². The van der Waals surface area contributed by atoms with Gasteiger partial charge in [0, 0.05) is 42.0 Å². The van der Waals surface area contributed by atoms with Gasteiger partial charge < -0.3 is 23.8 Å². The van der Waals surface area contributed by atoms with Crippen LogP contribution in [0.4, 0.5) is 9.80 Å². The maximum absolute atomic E-state index is 16.4. The Labute approximate surface area is 274 Å². The zero-order chi connectivity index (χ0) is 33.5. The lowest BCUT2D eigenvalue weighted by atomic mass is 9.82. The summed E-state index contributed by atoms with van der Waals surface area (Å²) in [6.07, 6.45) is 2.18. The van der Waals surface area contributed by atoms with E-state index in [4.69, 9.17) is 4.74 Å². The fourth-order valence-electron chi connectivity index (χ4n) is 7.47. The molecule has 244 valence electrons. The molecule has 2 aliphatic heterocycles. The highest BCUT2D eigenvalue weighted by Crippen LogP contribution is 2.60. The van der Waals surface area contributed by atoms with Crippen LogP contribution >= 0.6 is 0 Å². The van der Waals surface area contributed by atoms with Crippen molar-refractivity contribution < 1.29 is 23.5 Å². The van der Waals surface area contributed by atoms with Crippen LogP contribution in [-0.2, 0) is 26.5 Å².